The Balaban J connectivity index is 1.68. The van der Waals surface area contributed by atoms with Crippen molar-refractivity contribution in [3.05, 3.63) is 65.0 Å². The van der Waals surface area contributed by atoms with Gasteiger partial charge >= 0.3 is 0 Å². The van der Waals surface area contributed by atoms with Gasteiger partial charge in [0.15, 0.2) is 0 Å². The zero-order chi connectivity index (χ0) is 13.9. The Morgan fingerprint density at radius 1 is 0.950 bits per heavy atom. The molecule has 0 saturated heterocycles. The van der Waals surface area contributed by atoms with Crippen LogP contribution < -0.4 is 5.32 Å². The maximum Gasteiger partial charge on any atom is 0.121 e. The number of aromatic amines is 1. The number of nitrogens with zero attached hydrogens (tertiary/aromatic N) is 1. The lowest BCUT2D eigenvalue weighted by Gasteiger charge is -2.10. The molecule has 0 unspecified atom stereocenters. The van der Waals surface area contributed by atoms with Crippen LogP contribution in [0.5, 0.6) is 0 Å². The van der Waals surface area contributed by atoms with E-state index in [0.717, 1.165) is 29.9 Å². The standard InChI is InChI=1S/C17H19N3/c1-12-6-5-7-13(2)14(12)10-18-11-17-19-15-8-3-4-9-16(15)20-17/h3-9,18H,10-11H2,1-2H3,(H,19,20). The van der Waals surface area contributed by atoms with Crippen molar-refractivity contribution in [2.24, 2.45) is 0 Å². The van der Waals surface area contributed by atoms with Crippen LogP contribution in [-0.4, -0.2) is 9.97 Å². The quantitative estimate of drug-likeness (QED) is 0.758. The molecule has 2 N–H and O–H groups in total. The number of hydrogen-bond donors (Lipinski definition) is 2. The van der Waals surface area contributed by atoms with E-state index in [1.165, 1.54) is 16.7 Å². The molecule has 20 heavy (non-hydrogen) atoms. The summed E-state index contributed by atoms with van der Waals surface area (Å²) in [5.41, 5.74) is 6.17. The Hall–Kier alpha value is -2.13. The lowest BCUT2D eigenvalue weighted by atomic mass is 10.0. The van der Waals surface area contributed by atoms with Gasteiger partial charge in [0.25, 0.3) is 0 Å². The Kier molecular flexibility index (Phi) is 3.52. The molecular formula is C17H19N3. The molecule has 0 radical (unpaired) electrons. The van der Waals surface area contributed by atoms with Gasteiger partial charge in [0, 0.05) is 6.54 Å². The molecule has 3 heteroatoms. The Morgan fingerprint density at radius 3 is 2.45 bits per heavy atom. The average molecular weight is 265 g/mol. The number of hydrogen-bond acceptors (Lipinski definition) is 2. The molecular weight excluding hydrogens is 246 g/mol. The second-order valence-electron chi connectivity index (χ2n) is 5.17. The Morgan fingerprint density at radius 2 is 1.70 bits per heavy atom. The fourth-order valence-corrected chi connectivity index (χ4v) is 2.52. The number of para-hydroxylation sites is 2. The highest BCUT2D eigenvalue weighted by Crippen LogP contribution is 2.13. The molecule has 3 nitrogen and oxygen atoms in total. The molecule has 0 aliphatic heterocycles. The van der Waals surface area contributed by atoms with Crippen LogP contribution >= 0.6 is 0 Å². The van der Waals surface area contributed by atoms with E-state index in [2.05, 4.69) is 53.4 Å². The minimum Gasteiger partial charge on any atom is -0.341 e. The third kappa shape index (κ3) is 2.58. The second-order valence-corrected chi connectivity index (χ2v) is 5.17. The maximum absolute atomic E-state index is 4.57. The molecule has 3 aromatic rings. The van der Waals surface area contributed by atoms with E-state index in [1.54, 1.807) is 0 Å². The van der Waals surface area contributed by atoms with Crippen molar-refractivity contribution in [2.45, 2.75) is 26.9 Å². The summed E-state index contributed by atoms with van der Waals surface area (Å²) < 4.78 is 0. The first-order valence-corrected chi connectivity index (χ1v) is 6.93. The van der Waals surface area contributed by atoms with Gasteiger partial charge in [-0.3, -0.25) is 0 Å². The van der Waals surface area contributed by atoms with Crippen molar-refractivity contribution in [1.29, 1.82) is 0 Å². The molecule has 102 valence electrons. The molecule has 1 aromatic heterocycles. The number of H-pyrrole nitrogens is 1. The summed E-state index contributed by atoms with van der Waals surface area (Å²) in [6.45, 7) is 5.94. The number of fused-ring (bicyclic) bond motifs is 1. The molecule has 0 aliphatic carbocycles. The summed E-state index contributed by atoms with van der Waals surface area (Å²) in [6.07, 6.45) is 0. The van der Waals surface area contributed by atoms with Gasteiger partial charge in [-0.2, -0.15) is 0 Å². The number of aromatic nitrogens is 2. The molecule has 0 saturated carbocycles. The van der Waals surface area contributed by atoms with E-state index in [4.69, 9.17) is 0 Å². The van der Waals surface area contributed by atoms with Crippen LogP contribution in [-0.2, 0) is 13.1 Å². The summed E-state index contributed by atoms with van der Waals surface area (Å²) in [7, 11) is 0. The number of nitrogens with one attached hydrogen (secondary N) is 2. The van der Waals surface area contributed by atoms with Crippen molar-refractivity contribution in [3.8, 4) is 0 Å². The van der Waals surface area contributed by atoms with Crippen LogP contribution in [0.2, 0.25) is 0 Å². The topological polar surface area (TPSA) is 40.7 Å². The van der Waals surface area contributed by atoms with Crippen molar-refractivity contribution in [2.75, 3.05) is 0 Å². The Bertz CT molecular complexity index is 675. The summed E-state index contributed by atoms with van der Waals surface area (Å²) in [5.74, 6) is 0.984. The van der Waals surface area contributed by atoms with Gasteiger partial charge in [-0.15, -0.1) is 0 Å². The van der Waals surface area contributed by atoms with Crippen molar-refractivity contribution < 1.29 is 0 Å². The third-order valence-corrected chi connectivity index (χ3v) is 3.68. The molecule has 0 bridgehead atoms. The predicted octanol–water partition coefficient (Wildman–Crippen LogP) is 3.47. The van der Waals surface area contributed by atoms with Crippen LogP contribution in [0.3, 0.4) is 0 Å². The van der Waals surface area contributed by atoms with E-state index < -0.39 is 0 Å². The van der Waals surface area contributed by atoms with Crippen LogP contribution in [0.25, 0.3) is 11.0 Å². The fraction of sp³-hybridized carbons (Fsp3) is 0.235. The monoisotopic (exact) mass is 265 g/mol. The first kappa shape index (κ1) is 12.9. The lowest BCUT2D eigenvalue weighted by Crippen LogP contribution is -2.15. The average Bonchev–Trinajstić information content (AvgIpc) is 2.84. The lowest BCUT2D eigenvalue weighted by molar-refractivity contribution is 0.666. The number of aryl methyl sites for hydroxylation is 2. The summed E-state index contributed by atoms with van der Waals surface area (Å²) in [5, 5.41) is 3.47. The molecule has 3 rings (SSSR count). The van der Waals surface area contributed by atoms with Crippen LogP contribution in [0.15, 0.2) is 42.5 Å². The van der Waals surface area contributed by atoms with Crippen molar-refractivity contribution in [3.63, 3.8) is 0 Å². The molecule has 0 amide bonds. The maximum atomic E-state index is 4.57. The Labute approximate surface area is 119 Å². The normalized spacial score (nSPS) is 11.1. The van der Waals surface area contributed by atoms with Gasteiger partial charge in [0.1, 0.15) is 5.82 Å². The molecule has 0 spiro atoms. The third-order valence-electron chi connectivity index (χ3n) is 3.68. The van der Waals surface area contributed by atoms with E-state index in [0.29, 0.717) is 0 Å². The molecule has 0 aliphatic rings. The van der Waals surface area contributed by atoms with Gasteiger partial charge in [-0.25, -0.2) is 4.98 Å². The predicted molar refractivity (Wildman–Crippen MR) is 82.6 cm³/mol. The highest BCUT2D eigenvalue weighted by atomic mass is 15.0. The number of imidazole rings is 1. The van der Waals surface area contributed by atoms with Gasteiger partial charge in [0.2, 0.25) is 0 Å². The van der Waals surface area contributed by atoms with Crippen LogP contribution in [0, 0.1) is 13.8 Å². The van der Waals surface area contributed by atoms with Gasteiger partial charge in [-0.1, -0.05) is 30.3 Å². The van der Waals surface area contributed by atoms with Gasteiger partial charge in [0.05, 0.1) is 17.6 Å². The van der Waals surface area contributed by atoms with Crippen LogP contribution in [0.4, 0.5) is 0 Å². The van der Waals surface area contributed by atoms with Crippen LogP contribution in [0.1, 0.15) is 22.5 Å². The zero-order valence-corrected chi connectivity index (χ0v) is 11.9. The van der Waals surface area contributed by atoms with Gasteiger partial charge in [-0.05, 0) is 42.7 Å². The number of rotatable bonds is 4. The summed E-state index contributed by atoms with van der Waals surface area (Å²) in [6, 6.07) is 14.5. The van der Waals surface area contributed by atoms with Gasteiger partial charge < -0.3 is 10.3 Å². The zero-order valence-electron chi connectivity index (χ0n) is 11.9. The first-order valence-electron chi connectivity index (χ1n) is 6.93. The minimum absolute atomic E-state index is 0.752. The number of benzene rings is 2. The SMILES string of the molecule is Cc1cccc(C)c1CNCc1nc2ccccc2[nH]1. The largest absolute Gasteiger partial charge is 0.341 e. The summed E-state index contributed by atoms with van der Waals surface area (Å²) >= 11 is 0. The van der Waals surface area contributed by atoms with Crippen molar-refractivity contribution >= 4 is 11.0 Å². The molecule has 0 atom stereocenters. The smallest absolute Gasteiger partial charge is 0.121 e. The second kappa shape index (κ2) is 5.47. The van der Waals surface area contributed by atoms with E-state index >= 15 is 0 Å². The molecule has 2 aromatic carbocycles. The fourth-order valence-electron chi connectivity index (χ4n) is 2.52. The minimum atomic E-state index is 0.752. The van der Waals surface area contributed by atoms with E-state index in [-0.39, 0.29) is 0 Å². The molecule has 1 heterocycles. The van der Waals surface area contributed by atoms with E-state index in [9.17, 15) is 0 Å². The summed E-state index contributed by atoms with van der Waals surface area (Å²) in [4.78, 5) is 7.91. The highest BCUT2D eigenvalue weighted by molar-refractivity contribution is 5.74. The van der Waals surface area contributed by atoms with E-state index in [1.807, 2.05) is 18.2 Å². The molecule has 0 fully saturated rings. The first-order chi connectivity index (χ1) is 9.74. The highest BCUT2D eigenvalue weighted by Gasteiger charge is 2.04. The van der Waals surface area contributed by atoms with Crippen molar-refractivity contribution in [1.82, 2.24) is 15.3 Å².